The van der Waals surface area contributed by atoms with E-state index in [9.17, 15) is 0 Å². The number of alkyl halides is 1. The molecular weight excluding hydrogens is 310 g/mol. The van der Waals surface area contributed by atoms with Gasteiger partial charge in [-0.15, -0.1) is 11.6 Å². The van der Waals surface area contributed by atoms with Crippen LogP contribution >= 0.6 is 11.6 Å². The molecule has 3 heterocycles. The molecule has 0 aromatic carbocycles. The van der Waals surface area contributed by atoms with Crippen molar-refractivity contribution in [2.45, 2.75) is 12.0 Å². The molecule has 0 radical (unpaired) electrons. The fraction of sp³-hybridized carbons (Fsp3) is 0.706. The number of pyridine rings is 1. The maximum Gasteiger partial charge on any atom is 0.0979 e. The van der Waals surface area contributed by atoms with Crippen LogP contribution in [0.5, 0.6) is 0 Å². The largest absolute Gasteiger partial charge is 0.302 e. The summed E-state index contributed by atoms with van der Waals surface area (Å²) in [6, 6.07) is 6.16. The van der Waals surface area contributed by atoms with Crippen LogP contribution in [0.1, 0.15) is 5.69 Å². The Labute approximate surface area is 144 Å². The van der Waals surface area contributed by atoms with Gasteiger partial charge in [0.25, 0.3) is 0 Å². The topological polar surface area (TPSA) is 25.9 Å². The summed E-state index contributed by atoms with van der Waals surface area (Å²) >= 11 is 6.67. The van der Waals surface area contributed by atoms with Crippen LogP contribution in [0, 0.1) is 0 Å². The number of fused-ring (bicyclic) bond motifs is 3. The van der Waals surface area contributed by atoms with Crippen molar-refractivity contribution < 1.29 is 0 Å². The molecule has 5 nitrogen and oxygen atoms in total. The molecule has 0 N–H and O–H groups in total. The Kier molecular flexibility index (Phi) is 6.25. The molecule has 6 heteroatoms. The second kappa shape index (κ2) is 8.40. The molecule has 3 rings (SSSR count). The molecule has 23 heavy (non-hydrogen) atoms. The van der Waals surface area contributed by atoms with Gasteiger partial charge in [0, 0.05) is 71.6 Å². The number of hydrogen-bond acceptors (Lipinski definition) is 5. The molecule has 0 aliphatic carbocycles. The molecule has 2 saturated heterocycles. The molecule has 0 saturated carbocycles. The molecule has 3 unspecified atom stereocenters. The molecular formula is C17H28ClN5. The predicted molar refractivity (Wildman–Crippen MR) is 94.7 cm³/mol. The third kappa shape index (κ3) is 5.13. The first-order chi connectivity index (χ1) is 11.2. The smallest absolute Gasteiger partial charge is 0.0979 e. The highest BCUT2D eigenvalue weighted by Crippen LogP contribution is 2.12. The van der Waals surface area contributed by atoms with Crippen LogP contribution in [-0.4, -0.2) is 96.0 Å². The standard InChI is InChI=1S/C17H28ClN5/c1-20-6-7-21-8-9-22(14-16-4-2-3-5-19-16)11-13-23(12-10-21)17(18)15-20/h2-5,17H,6-15H2,1H3. The summed E-state index contributed by atoms with van der Waals surface area (Å²) in [5.41, 5.74) is 1.26. The van der Waals surface area contributed by atoms with Crippen molar-refractivity contribution >= 4 is 11.6 Å². The van der Waals surface area contributed by atoms with E-state index in [1.54, 1.807) is 0 Å². The van der Waals surface area contributed by atoms with Crippen LogP contribution in [0.15, 0.2) is 24.4 Å². The summed E-state index contributed by atoms with van der Waals surface area (Å²) in [4.78, 5) is 14.4. The average Bonchev–Trinajstić information content (AvgIpc) is 2.68. The molecule has 1 aromatic heterocycles. The Balaban J connectivity index is 1.68. The highest BCUT2D eigenvalue weighted by molar-refractivity contribution is 6.20. The Hall–Kier alpha value is -0.720. The lowest BCUT2D eigenvalue weighted by atomic mass is 10.3. The lowest BCUT2D eigenvalue weighted by Gasteiger charge is -2.31. The molecule has 2 bridgehead atoms. The fourth-order valence-electron chi connectivity index (χ4n) is 3.32. The highest BCUT2D eigenvalue weighted by atomic mass is 35.5. The van der Waals surface area contributed by atoms with Crippen LogP contribution in [-0.2, 0) is 6.54 Å². The van der Waals surface area contributed by atoms with Crippen LogP contribution < -0.4 is 0 Å². The summed E-state index contributed by atoms with van der Waals surface area (Å²) in [5, 5.41) is 0. The van der Waals surface area contributed by atoms with Gasteiger partial charge in [0.1, 0.15) is 0 Å². The second-order valence-corrected chi connectivity index (χ2v) is 7.18. The van der Waals surface area contributed by atoms with Crippen LogP contribution in [0.4, 0.5) is 0 Å². The van der Waals surface area contributed by atoms with Crippen molar-refractivity contribution in [2.75, 3.05) is 66.0 Å². The summed E-state index contributed by atoms with van der Waals surface area (Å²) in [6.07, 6.45) is 1.88. The maximum atomic E-state index is 6.67. The average molecular weight is 338 g/mol. The van der Waals surface area contributed by atoms with Crippen molar-refractivity contribution in [3.63, 3.8) is 0 Å². The number of halogens is 1. The van der Waals surface area contributed by atoms with E-state index in [1.165, 1.54) is 0 Å². The van der Waals surface area contributed by atoms with Crippen molar-refractivity contribution in [3.05, 3.63) is 30.1 Å². The zero-order valence-corrected chi connectivity index (χ0v) is 14.8. The van der Waals surface area contributed by atoms with Gasteiger partial charge >= 0.3 is 0 Å². The predicted octanol–water partition coefficient (Wildman–Crippen LogP) is 1.01. The Morgan fingerprint density at radius 3 is 2.61 bits per heavy atom. The minimum absolute atomic E-state index is 0.106. The van der Waals surface area contributed by atoms with Crippen molar-refractivity contribution in [1.29, 1.82) is 0 Å². The van der Waals surface area contributed by atoms with Crippen molar-refractivity contribution in [3.8, 4) is 0 Å². The number of aromatic nitrogens is 1. The van der Waals surface area contributed by atoms with Gasteiger partial charge in [-0.2, -0.15) is 0 Å². The van der Waals surface area contributed by atoms with Gasteiger partial charge in [0.15, 0.2) is 0 Å². The van der Waals surface area contributed by atoms with Crippen molar-refractivity contribution in [1.82, 2.24) is 24.6 Å². The molecule has 1 aromatic rings. The lowest BCUT2D eigenvalue weighted by molar-refractivity contribution is 0.172. The minimum atomic E-state index is 0.106. The SMILES string of the molecule is CN1CCN2CCN(Cc3ccccn3)CCN(CC2)C(Cl)C1. The first kappa shape index (κ1) is 17.1. The third-order valence-corrected chi connectivity index (χ3v) is 5.32. The van der Waals surface area contributed by atoms with Gasteiger partial charge in [-0.3, -0.25) is 19.7 Å². The van der Waals surface area contributed by atoms with Crippen LogP contribution in [0.2, 0.25) is 0 Å². The number of rotatable bonds is 2. The quantitative estimate of drug-likeness (QED) is 0.593. The Morgan fingerprint density at radius 1 is 1.04 bits per heavy atom. The van der Waals surface area contributed by atoms with Gasteiger partial charge in [0.05, 0.1) is 11.2 Å². The normalized spacial score (nSPS) is 31.5. The Bertz CT molecular complexity index is 471. The van der Waals surface area contributed by atoms with E-state index >= 15 is 0 Å². The molecule has 2 aliphatic heterocycles. The molecule has 2 aliphatic rings. The van der Waals surface area contributed by atoms with E-state index in [-0.39, 0.29) is 5.50 Å². The molecule has 0 spiro atoms. The third-order valence-electron chi connectivity index (χ3n) is 4.91. The second-order valence-electron chi connectivity index (χ2n) is 6.67. The zero-order valence-electron chi connectivity index (χ0n) is 14.1. The lowest BCUT2D eigenvalue weighted by Crippen LogP contribution is -2.44. The molecule has 128 valence electrons. The maximum absolute atomic E-state index is 6.67. The molecule has 0 amide bonds. The van der Waals surface area contributed by atoms with E-state index < -0.39 is 0 Å². The first-order valence-electron chi connectivity index (χ1n) is 8.62. The summed E-state index contributed by atoms with van der Waals surface area (Å²) in [5.74, 6) is 0. The first-order valence-corrected chi connectivity index (χ1v) is 9.05. The van der Waals surface area contributed by atoms with E-state index in [2.05, 4.69) is 43.8 Å². The van der Waals surface area contributed by atoms with E-state index in [0.717, 1.165) is 71.1 Å². The monoisotopic (exact) mass is 337 g/mol. The Morgan fingerprint density at radius 2 is 1.78 bits per heavy atom. The van der Waals surface area contributed by atoms with Crippen molar-refractivity contribution in [2.24, 2.45) is 0 Å². The van der Waals surface area contributed by atoms with Crippen LogP contribution in [0.3, 0.4) is 0 Å². The number of nitrogens with zero attached hydrogens (tertiary/aromatic N) is 5. The van der Waals surface area contributed by atoms with E-state index in [1.807, 2.05) is 12.3 Å². The summed E-state index contributed by atoms with van der Waals surface area (Å²) in [7, 11) is 2.18. The molecule has 2 fully saturated rings. The molecule has 3 atom stereocenters. The summed E-state index contributed by atoms with van der Waals surface area (Å²) in [6.45, 7) is 10.6. The van der Waals surface area contributed by atoms with Gasteiger partial charge in [-0.1, -0.05) is 6.07 Å². The van der Waals surface area contributed by atoms with Gasteiger partial charge in [-0.05, 0) is 19.2 Å². The van der Waals surface area contributed by atoms with Gasteiger partial charge in [-0.25, -0.2) is 0 Å². The van der Waals surface area contributed by atoms with Crippen LogP contribution in [0.25, 0.3) is 0 Å². The number of likely N-dealkylation sites (N-methyl/N-ethyl adjacent to an activating group) is 1. The van der Waals surface area contributed by atoms with E-state index in [4.69, 9.17) is 11.6 Å². The summed E-state index contributed by atoms with van der Waals surface area (Å²) < 4.78 is 0. The minimum Gasteiger partial charge on any atom is -0.302 e. The fourth-order valence-corrected chi connectivity index (χ4v) is 3.75. The highest BCUT2D eigenvalue weighted by Gasteiger charge is 2.24. The zero-order chi connectivity index (χ0) is 16.1. The van der Waals surface area contributed by atoms with Gasteiger partial charge < -0.3 is 4.90 Å². The van der Waals surface area contributed by atoms with Gasteiger partial charge in [0.2, 0.25) is 0 Å². The number of hydrogen-bond donors (Lipinski definition) is 0. The van der Waals surface area contributed by atoms with E-state index in [0.29, 0.717) is 0 Å².